The molecule has 0 fully saturated rings. The van der Waals surface area contributed by atoms with Gasteiger partial charge in [0.05, 0.1) is 5.70 Å². The molecule has 10 aromatic rings. The van der Waals surface area contributed by atoms with Crippen LogP contribution in [0.3, 0.4) is 0 Å². The zero-order valence-corrected chi connectivity index (χ0v) is 35.5. The Morgan fingerprint density at radius 3 is 1.83 bits per heavy atom. The smallest absolute Gasteiger partial charge is 0.164 e. The Hall–Kier alpha value is -8.00. The molecular weight excluding hydrogens is 789 g/mol. The van der Waals surface area contributed by atoms with Crippen molar-refractivity contribution in [3.8, 4) is 33.9 Å². The van der Waals surface area contributed by atoms with E-state index in [0.717, 1.165) is 65.2 Å². The molecule has 0 unspecified atom stereocenters. The van der Waals surface area contributed by atoms with Crippen molar-refractivity contribution in [2.75, 3.05) is 0 Å². The van der Waals surface area contributed by atoms with E-state index in [4.69, 9.17) is 25.7 Å². The van der Waals surface area contributed by atoms with Crippen LogP contribution >= 0.6 is 11.3 Å². The van der Waals surface area contributed by atoms with Gasteiger partial charge in [0.15, 0.2) is 17.5 Å². The number of allylic oxidation sites excluding steroid dienone is 3. The summed E-state index contributed by atoms with van der Waals surface area (Å²) in [6, 6.07) is 62.6. The minimum atomic E-state index is 0.481. The van der Waals surface area contributed by atoms with Gasteiger partial charge in [-0.25, -0.2) is 19.9 Å². The predicted octanol–water partition coefficient (Wildman–Crippen LogP) is 11.8. The van der Waals surface area contributed by atoms with Gasteiger partial charge in [-0.05, 0) is 72.2 Å². The monoisotopic (exact) mass is 830 g/mol. The summed E-state index contributed by atoms with van der Waals surface area (Å²) in [5, 5.41) is 4.61. The first kappa shape index (κ1) is 39.2. The second kappa shape index (κ2) is 17.5. The second-order valence-corrected chi connectivity index (χ2v) is 16.3. The average Bonchev–Trinajstić information content (AvgIpc) is 3.86. The number of hydrogen-bond acceptors (Lipinski definition) is 5. The molecule has 0 radical (unpaired) electrons. The van der Waals surface area contributed by atoms with Crippen LogP contribution in [0.25, 0.3) is 83.6 Å². The van der Waals surface area contributed by atoms with Gasteiger partial charge >= 0.3 is 0 Å². The van der Waals surface area contributed by atoms with E-state index in [9.17, 15) is 0 Å². The van der Waals surface area contributed by atoms with E-state index in [1.165, 1.54) is 15.5 Å². The first-order valence-corrected chi connectivity index (χ1v) is 21.8. The van der Waals surface area contributed by atoms with Gasteiger partial charge in [-0.1, -0.05) is 164 Å². The second-order valence-electron chi connectivity index (χ2n) is 15.2. The van der Waals surface area contributed by atoms with Crippen LogP contribution in [0.5, 0.6) is 0 Å². The standard InChI is InChI=1S/C56H42N6S/c1-2-3-28-51-47(37-53-59-55(40-22-12-6-13-23-40)61-56(60-53)41-24-14-7-15-25-41)46-36-43(30-32-52(46)63-51)42-29-31-50-45(35-42)44-26-16-17-27-49(44)62(50)34-33-48(38-18-8-4-9-19-38)58-54(57)39-20-10-5-11-21-39/h2-33,35-37H,34H2,1H3,(H2,57,58)/b3-2-,47-37?,48-33-,51-28+. The average molecular weight is 831 g/mol. The SMILES string of the molecule is C/C=C\C=c1\sc2ccc(-c3ccc4c(c3)c3ccccc3n4C/C=C(\N=C(N)c3ccccc3)c3ccccc3)cc2c1=Cc1nc(-c2ccccc2)nc(-c2ccccc2)n1. The lowest BCUT2D eigenvalue weighted by molar-refractivity contribution is 0.899. The molecule has 0 saturated heterocycles. The van der Waals surface area contributed by atoms with Crippen LogP contribution in [0.15, 0.2) is 205 Å². The van der Waals surface area contributed by atoms with Crippen molar-refractivity contribution in [2.45, 2.75) is 13.5 Å². The summed E-state index contributed by atoms with van der Waals surface area (Å²) < 4.78 is 4.70. The van der Waals surface area contributed by atoms with Crippen molar-refractivity contribution in [1.29, 1.82) is 0 Å². The lowest BCUT2D eigenvalue weighted by atomic mass is 10.0. The van der Waals surface area contributed by atoms with Gasteiger partial charge in [0.1, 0.15) is 5.84 Å². The number of nitrogens with two attached hydrogens (primary N) is 1. The lowest BCUT2D eigenvalue weighted by Gasteiger charge is -2.09. The number of nitrogens with zero attached hydrogens (tertiary/aromatic N) is 5. The van der Waals surface area contributed by atoms with Gasteiger partial charge in [-0.3, -0.25) is 0 Å². The number of benzene rings is 7. The fraction of sp³-hybridized carbons (Fsp3) is 0.0357. The van der Waals surface area contributed by atoms with E-state index < -0.39 is 0 Å². The Labute approximate surface area is 369 Å². The van der Waals surface area contributed by atoms with Crippen molar-refractivity contribution in [1.82, 2.24) is 19.5 Å². The molecule has 3 heterocycles. The largest absolute Gasteiger partial charge is 0.383 e. The van der Waals surface area contributed by atoms with Crippen LogP contribution in [-0.2, 0) is 6.54 Å². The van der Waals surface area contributed by atoms with E-state index in [0.29, 0.717) is 29.9 Å². The van der Waals surface area contributed by atoms with E-state index >= 15 is 0 Å². The number of thiophene rings is 1. The van der Waals surface area contributed by atoms with Gasteiger partial charge in [0, 0.05) is 64.9 Å². The summed E-state index contributed by atoms with van der Waals surface area (Å²) in [4.78, 5) is 19.9. The predicted molar refractivity (Wildman–Crippen MR) is 265 cm³/mol. The first-order valence-electron chi connectivity index (χ1n) is 21.0. The molecule has 0 amide bonds. The van der Waals surface area contributed by atoms with Crippen molar-refractivity contribution in [3.05, 3.63) is 227 Å². The summed E-state index contributed by atoms with van der Waals surface area (Å²) >= 11 is 1.77. The number of amidine groups is 1. The number of aromatic nitrogens is 4. The Bertz CT molecular complexity index is 3420. The Morgan fingerprint density at radius 2 is 1.16 bits per heavy atom. The zero-order chi connectivity index (χ0) is 42.5. The van der Waals surface area contributed by atoms with Crippen molar-refractivity contribution < 1.29 is 0 Å². The van der Waals surface area contributed by atoms with Crippen LogP contribution in [0.1, 0.15) is 23.9 Å². The van der Waals surface area contributed by atoms with Gasteiger partial charge in [0.2, 0.25) is 0 Å². The van der Waals surface area contributed by atoms with E-state index in [1.807, 2.05) is 116 Å². The topological polar surface area (TPSA) is 82.0 Å². The molecule has 302 valence electrons. The molecule has 7 heteroatoms. The number of aliphatic imine (C=N–C) groups is 1. The molecular formula is C56H42N6S. The number of rotatable bonds is 10. The third kappa shape index (κ3) is 8.13. The van der Waals surface area contributed by atoms with Crippen LogP contribution in [0.4, 0.5) is 0 Å². The first-order chi connectivity index (χ1) is 31.1. The van der Waals surface area contributed by atoms with E-state index in [-0.39, 0.29) is 0 Å². The number of hydrogen-bond donors (Lipinski definition) is 1. The minimum Gasteiger partial charge on any atom is -0.383 e. The molecule has 0 saturated carbocycles. The highest BCUT2D eigenvalue weighted by atomic mass is 32.1. The zero-order valence-electron chi connectivity index (χ0n) is 34.6. The molecule has 63 heavy (non-hydrogen) atoms. The molecule has 10 rings (SSSR count). The third-order valence-electron chi connectivity index (χ3n) is 11.1. The third-order valence-corrected chi connectivity index (χ3v) is 12.3. The van der Waals surface area contributed by atoms with Crippen LogP contribution < -0.4 is 15.5 Å². The van der Waals surface area contributed by atoms with E-state index in [2.05, 4.69) is 108 Å². The summed E-state index contributed by atoms with van der Waals surface area (Å²) in [7, 11) is 0. The molecule has 0 bridgehead atoms. The Kier molecular flexibility index (Phi) is 10.9. The maximum atomic E-state index is 6.58. The summed E-state index contributed by atoms with van der Waals surface area (Å²) in [6.45, 7) is 2.65. The van der Waals surface area contributed by atoms with Crippen LogP contribution in [0.2, 0.25) is 0 Å². The van der Waals surface area contributed by atoms with Gasteiger partial charge in [-0.15, -0.1) is 11.3 Å². The van der Waals surface area contributed by atoms with Crippen molar-refractivity contribution in [3.63, 3.8) is 0 Å². The molecule has 0 aliphatic carbocycles. The molecule has 7 aromatic carbocycles. The summed E-state index contributed by atoms with van der Waals surface area (Å²) in [6.07, 6.45) is 10.6. The number of fused-ring (bicyclic) bond motifs is 4. The van der Waals surface area contributed by atoms with Gasteiger partial charge in [0.25, 0.3) is 0 Å². The molecule has 3 aromatic heterocycles. The quantitative estimate of drug-likeness (QED) is 0.110. The fourth-order valence-electron chi connectivity index (χ4n) is 8.04. The van der Waals surface area contributed by atoms with Gasteiger partial charge < -0.3 is 10.3 Å². The molecule has 2 N–H and O–H groups in total. The van der Waals surface area contributed by atoms with Crippen LogP contribution in [0, 0.1) is 0 Å². The maximum Gasteiger partial charge on any atom is 0.164 e. The highest BCUT2D eigenvalue weighted by Crippen LogP contribution is 2.34. The Balaban J connectivity index is 1.09. The van der Waals surface area contributed by atoms with Crippen molar-refractivity contribution >= 4 is 66.9 Å². The normalized spacial score (nSPS) is 13.0. The minimum absolute atomic E-state index is 0.481. The maximum absolute atomic E-state index is 6.58. The number of para-hydroxylation sites is 1. The molecule has 0 spiro atoms. The van der Waals surface area contributed by atoms with Crippen LogP contribution in [-0.4, -0.2) is 25.4 Å². The fourth-order valence-corrected chi connectivity index (χ4v) is 9.12. The molecule has 0 aliphatic rings. The van der Waals surface area contributed by atoms with E-state index in [1.54, 1.807) is 11.3 Å². The molecule has 6 nitrogen and oxygen atoms in total. The summed E-state index contributed by atoms with van der Waals surface area (Å²) in [5.41, 5.74) is 15.8. The highest BCUT2D eigenvalue weighted by molar-refractivity contribution is 7.17. The highest BCUT2D eigenvalue weighted by Gasteiger charge is 2.15. The Morgan fingerprint density at radius 1 is 0.587 bits per heavy atom. The van der Waals surface area contributed by atoms with Crippen molar-refractivity contribution in [2.24, 2.45) is 10.7 Å². The molecule has 0 aliphatic heterocycles. The summed E-state index contributed by atoms with van der Waals surface area (Å²) in [5.74, 6) is 2.36. The molecule has 0 atom stereocenters. The lowest BCUT2D eigenvalue weighted by Crippen LogP contribution is -2.19. The van der Waals surface area contributed by atoms with Gasteiger partial charge in [-0.2, -0.15) is 0 Å².